The number of aliphatic hydroxyl groups excluding tert-OH is 10. The fourth-order valence-corrected chi connectivity index (χ4v) is 17.3. The van der Waals surface area contributed by atoms with Crippen molar-refractivity contribution in [3.8, 4) is 0 Å². The Kier molecular flexibility index (Phi) is 17.0. The summed E-state index contributed by atoms with van der Waals surface area (Å²) in [5.41, 5.74) is -8.78. The molecule has 0 aromatic carbocycles. The van der Waals surface area contributed by atoms with E-state index in [0.29, 0.717) is 38.5 Å². The van der Waals surface area contributed by atoms with Crippen molar-refractivity contribution in [2.75, 3.05) is 26.9 Å². The van der Waals surface area contributed by atoms with Crippen LogP contribution in [0.3, 0.4) is 0 Å². The van der Waals surface area contributed by atoms with Gasteiger partial charge in [0.25, 0.3) is 0 Å². The molecule has 6 heterocycles. The van der Waals surface area contributed by atoms with E-state index < -0.39 is 221 Å². The number of rotatable bonds is 14. The molecular formula is C54H84O28S. The predicted molar refractivity (Wildman–Crippen MR) is 274 cm³/mol. The second kappa shape index (κ2) is 22.1. The van der Waals surface area contributed by atoms with Gasteiger partial charge in [0, 0.05) is 18.9 Å². The number of ketones is 1. The summed E-state index contributed by atoms with van der Waals surface area (Å²) in [6, 6.07) is 0. The summed E-state index contributed by atoms with van der Waals surface area (Å²) < 4.78 is 104. The largest absolute Gasteiger partial charge is 0.452 e. The van der Waals surface area contributed by atoms with E-state index >= 15 is 0 Å². The van der Waals surface area contributed by atoms with Crippen molar-refractivity contribution in [2.45, 2.75) is 252 Å². The topological polar surface area (TPSA) is 422 Å². The van der Waals surface area contributed by atoms with E-state index in [9.17, 15) is 78.7 Å². The lowest BCUT2D eigenvalue weighted by Gasteiger charge is -2.64. The molecular weight excluding hydrogens is 1130 g/mol. The zero-order valence-corrected chi connectivity index (χ0v) is 48.6. The maximum atomic E-state index is 14.7. The SMILES string of the molecule is COC1C(O)C(CO)OC(OC2C(O)C(CO)OC(OC3C(C)OC(OC4C(OC5CCC6(C)C7=CC(O)C89C(=O)OC(C)(C%10CCC(C)(C)O%10)C8(O)C(=O)CC9(C)C7CCC6C5(C)C)OCC(OS(=O)(=O)O)C4O)C(O)C3O)C2O)C1O. The molecule has 6 aliphatic heterocycles. The van der Waals surface area contributed by atoms with Gasteiger partial charge in [0.2, 0.25) is 0 Å². The highest BCUT2D eigenvalue weighted by molar-refractivity contribution is 7.80. The minimum Gasteiger partial charge on any atom is -0.452 e. The second-order valence-corrected chi connectivity index (χ2v) is 27.5. The zero-order valence-electron chi connectivity index (χ0n) is 47.8. The van der Waals surface area contributed by atoms with Gasteiger partial charge in [0.05, 0.1) is 43.7 Å². The van der Waals surface area contributed by atoms with E-state index in [1.54, 1.807) is 13.0 Å². The molecule has 9 fully saturated rings. The number of hydrogen-bond acceptors (Lipinski definition) is 27. The van der Waals surface area contributed by atoms with Gasteiger partial charge in [-0.15, -0.1) is 0 Å². The molecule has 29 heteroatoms. The third kappa shape index (κ3) is 9.76. The number of fused-ring (bicyclic) bond motifs is 4. The van der Waals surface area contributed by atoms with E-state index in [1.807, 2.05) is 27.7 Å². The third-order valence-electron chi connectivity index (χ3n) is 21.1. The molecule has 83 heavy (non-hydrogen) atoms. The Labute approximate surface area is 480 Å². The summed E-state index contributed by atoms with van der Waals surface area (Å²) in [5.74, 6) is -2.12. The van der Waals surface area contributed by atoms with Crippen molar-refractivity contribution in [3.63, 3.8) is 0 Å². The molecule has 4 aliphatic carbocycles. The molecule has 6 saturated heterocycles. The Morgan fingerprint density at radius 2 is 1.27 bits per heavy atom. The van der Waals surface area contributed by atoms with Gasteiger partial charge in [-0.05, 0) is 88.9 Å². The lowest BCUT2D eigenvalue weighted by atomic mass is 9.40. The van der Waals surface area contributed by atoms with Crippen LogP contribution < -0.4 is 0 Å². The molecule has 0 bridgehead atoms. The van der Waals surface area contributed by atoms with E-state index in [0.717, 1.165) is 5.57 Å². The standard InChI is InChI=1S/C54H84O28S/c1-21-39(77-45-38(65)41(33(60)25(19-56)75-45)78-44-37(64)40(71-9)32(59)24(18-55)74-44)35(62)36(63)43(73-21)79-42-34(61)26(82-83(68,69)70)20-72-46(42)76-30-13-15-50(6)23-16-28(57)53-47(66)81-52(8,31-12-14-48(2,3)80-31)54(53,67)29(58)17-51(53,7)22(23)10-11-27(50)49(30,4)5/h16,21-22,24-28,30-46,55-57,59-65,67H,10-15,17-20H2,1-9H3,(H,68,69,70). The highest BCUT2D eigenvalue weighted by Crippen LogP contribution is 2.77. The zero-order chi connectivity index (χ0) is 60.9. The number of methoxy groups -OCH3 is 1. The number of allylic oxidation sites excluding steroid dienone is 1. The number of cyclic esters (lactones) is 1. The summed E-state index contributed by atoms with van der Waals surface area (Å²) in [6.07, 6.45) is -31.7. The van der Waals surface area contributed by atoms with Crippen LogP contribution in [0.25, 0.3) is 0 Å². The van der Waals surface area contributed by atoms with Crippen molar-refractivity contribution in [2.24, 2.45) is 33.5 Å². The van der Waals surface area contributed by atoms with Crippen LogP contribution >= 0.6 is 0 Å². The van der Waals surface area contributed by atoms with Gasteiger partial charge in [0.15, 0.2) is 42.1 Å². The third-order valence-corrected chi connectivity index (χ3v) is 21.6. The normalized spacial score (nSPS) is 53.1. The summed E-state index contributed by atoms with van der Waals surface area (Å²) in [7, 11) is -4.04. The molecule has 3 saturated carbocycles. The number of carbonyl (C=O) groups is 2. The highest BCUT2D eigenvalue weighted by atomic mass is 32.3. The molecule has 0 amide bonds. The number of Topliss-reactive ketones (excluding diaryl/α,β-unsaturated/α-hetero) is 1. The number of hydrogen-bond donors (Lipinski definition) is 12. The Morgan fingerprint density at radius 3 is 1.86 bits per heavy atom. The predicted octanol–water partition coefficient (Wildman–Crippen LogP) is -3.08. The lowest BCUT2D eigenvalue weighted by Crippen LogP contribution is -2.71. The molecule has 10 rings (SSSR count). The first-order valence-corrected chi connectivity index (χ1v) is 29.9. The number of ether oxygens (including phenoxy) is 11. The van der Waals surface area contributed by atoms with Gasteiger partial charge in [-0.3, -0.25) is 14.1 Å². The Morgan fingerprint density at radius 1 is 0.675 bits per heavy atom. The van der Waals surface area contributed by atoms with E-state index in [4.69, 9.17) is 56.3 Å². The van der Waals surface area contributed by atoms with Gasteiger partial charge in [-0.2, -0.15) is 8.42 Å². The van der Waals surface area contributed by atoms with Gasteiger partial charge >= 0.3 is 16.4 Å². The molecule has 0 radical (unpaired) electrons. The van der Waals surface area contributed by atoms with Crippen molar-refractivity contribution in [3.05, 3.63) is 11.6 Å². The van der Waals surface area contributed by atoms with Crippen molar-refractivity contribution < 1.29 is 135 Å². The summed E-state index contributed by atoms with van der Waals surface area (Å²) >= 11 is 0. The van der Waals surface area contributed by atoms with Crippen LogP contribution in [0.15, 0.2) is 11.6 Å². The highest BCUT2D eigenvalue weighted by Gasteiger charge is 2.90. The summed E-state index contributed by atoms with van der Waals surface area (Å²) in [5, 5.41) is 125. The van der Waals surface area contributed by atoms with Crippen molar-refractivity contribution in [1.29, 1.82) is 0 Å². The molecule has 29 atom stereocenters. The maximum absolute atomic E-state index is 14.7. The molecule has 474 valence electrons. The van der Waals surface area contributed by atoms with Crippen LogP contribution in [0.1, 0.15) is 100 Å². The smallest absolute Gasteiger partial charge is 0.397 e. The fourth-order valence-electron chi connectivity index (χ4n) is 16.8. The maximum Gasteiger partial charge on any atom is 0.397 e. The molecule has 0 aromatic heterocycles. The quantitative estimate of drug-likeness (QED) is 0.0355. The van der Waals surface area contributed by atoms with Crippen LogP contribution in [0, 0.1) is 33.5 Å². The van der Waals surface area contributed by atoms with Crippen LogP contribution in [-0.2, 0) is 76.3 Å². The van der Waals surface area contributed by atoms with Crippen LogP contribution in [0.4, 0.5) is 0 Å². The minimum atomic E-state index is -5.22. The second-order valence-electron chi connectivity index (χ2n) is 26.5. The number of esters is 1. The van der Waals surface area contributed by atoms with Gasteiger partial charge in [-0.1, -0.05) is 39.3 Å². The van der Waals surface area contributed by atoms with Crippen molar-refractivity contribution >= 4 is 22.2 Å². The average Bonchev–Trinajstić information content (AvgIpc) is 1.51. The number of carbonyl (C=O) groups excluding carboxylic acids is 2. The van der Waals surface area contributed by atoms with E-state index in [2.05, 4.69) is 6.92 Å². The molecule has 29 unspecified atom stereocenters. The van der Waals surface area contributed by atoms with Gasteiger partial charge in [0.1, 0.15) is 97.0 Å². The number of aliphatic hydroxyl groups is 11. The summed E-state index contributed by atoms with van der Waals surface area (Å²) in [6.45, 7) is 12.2. The molecule has 10 aliphatic rings. The van der Waals surface area contributed by atoms with Crippen molar-refractivity contribution in [1.82, 2.24) is 0 Å². The first-order chi connectivity index (χ1) is 38.6. The average molecular weight is 1210 g/mol. The Hall–Kier alpha value is -2.09. The molecule has 12 N–H and O–H groups in total. The Bertz CT molecular complexity index is 2570. The van der Waals surface area contributed by atoms with Gasteiger partial charge < -0.3 is 108 Å². The first-order valence-electron chi connectivity index (χ1n) is 28.6. The van der Waals surface area contributed by atoms with Crippen LogP contribution in [0.2, 0.25) is 0 Å². The minimum absolute atomic E-state index is 0.197. The summed E-state index contributed by atoms with van der Waals surface area (Å²) in [4.78, 5) is 29.3. The van der Waals surface area contributed by atoms with Gasteiger partial charge in [-0.25, -0.2) is 4.18 Å². The Balaban J connectivity index is 0.858. The van der Waals surface area contributed by atoms with Crippen LogP contribution in [-0.4, -0.2) is 260 Å². The fraction of sp³-hybridized carbons (Fsp3) is 0.926. The van der Waals surface area contributed by atoms with E-state index in [1.165, 1.54) is 21.0 Å². The monoisotopic (exact) mass is 1210 g/mol. The molecule has 0 aromatic rings. The van der Waals surface area contributed by atoms with Crippen LogP contribution in [0.5, 0.6) is 0 Å². The molecule has 28 nitrogen and oxygen atoms in total. The lowest BCUT2D eigenvalue weighted by molar-refractivity contribution is -0.389. The molecule has 1 spiro atoms. The van der Waals surface area contributed by atoms with E-state index in [-0.39, 0.29) is 12.3 Å². The first kappa shape index (κ1) is 63.9.